The predicted octanol–water partition coefficient (Wildman–Crippen LogP) is 3.30. The van der Waals surface area contributed by atoms with Crippen molar-refractivity contribution in [2.24, 2.45) is 11.7 Å². The average Bonchev–Trinajstić information content (AvgIpc) is 1.23. The van der Waals surface area contributed by atoms with E-state index in [1.54, 1.807) is 65.1 Å². The molecule has 21 N–H and O–H groups in total. The molecule has 39 nitrogen and oxygen atoms in total. The van der Waals surface area contributed by atoms with Gasteiger partial charge in [0.25, 0.3) is 0 Å². The Morgan fingerprint density at radius 3 is 2.02 bits per heavy atom. The Morgan fingerprint density at radius 1 is 0.740 bits per heavy atom. The number of ether oxygens (including phenoxy) is 7. The summed E-state index contributed by atoms with van der Waals surface area (Å²) in [5, 5.41) is 148. The Balaban J connectivity index is 0.981. The molecular weight excluding hydrogens is 1650 g/mol. The highest BCUT2D eigenvalue weighted by molar-refractivity contribution is 6.32. The molecule has 1 aromatic heterocycles. The number of carboxylic acid groups (broad SMARTS) is 1. The number of rotatable bonds is 20. The first-order chi connectivity index (χ1) is 58.2. The molecule has 2 saturated heterocycles. The van der Waals surface area contributed by atoms with Crippen LogP contribution in [0.2, 0.25) is 10.0 Å². The van der Waals surface area contributed by atoms with Crippen LogP contribution < -0.4 is 67.8 Å². The molecule has 8 heterocycles. The highest BCUT2D eigenvalue weighted by atomic mass is 35.5. The Labute approximate surface area is 712 Å². The number of nitrogens with zero attached hydrogens (tertiary/aromatic N) is 3. The van der Waals surface area contributed by atoms with Gasteiger partial charge in [-0.1, -0.05) is 66.5 Å². The molecule has 123 heavy (non-hydrogen) atoms. The third kappa shape index (κ3) is 20.7. The summed E-state index contributed by atoms with van der Waals surface area (Å²) in [5.74, 6) is -16.2. The van der Waals surface area contributed by atoms with Gasteiger partial charge in [0.05, 0.1) is 58.9 Å². The quantitative estimate of drug-likeness (QED) is 0.0487. The summed E-state index contributed by atoms with van der Waals surface area (Å²) in [5.41, 5.74) is 2.48. The molecule has 18 atom stereocenters. The number of likely N-dealkylation sites (N-methyl/N-ethyl adjacent to an activating group) is 1. The molecule has 0 aliphatic carbocycles. The van der Waals surface area contributed by atoms with E-state index in [2.05, 4.69) is 58.2 Å². The molecule has 41 heteroatoms. The first-order valence-corrected chi connectivity index (χ1v) is 39.9. The van der Waals surface area contributed by atoms with Crippen molar-refractivity contribution < 1.29 is 127 Å². The largest absolute Gasteiger partial charge is 0.508 e. The normalized spacial score (nSPS) is 26.3. The van der Waals surface area contributed by atoms with E-state index in [9.17, 15) is 79.8 Å². The number of halogens is 2. The summed E-state index contributed by atoms with van der Waals surface area (Å²) < 4.78 is 46.4. The minimum absolute atomic E-state index is 0.115. The fraction of sp³-hybridized carbons (Fsp3) is 0.427. The number of nitrogens with one attached hydrogen (secondary N) is 9. The van der Waals surface area contributed by atoms with Gasteiger partial charge in [-0.05, 0) is 168 Å². The van der Waals surface area contributed by atoms with Crippen LogP contribution in [0.3, 0.4) is 0 Å². The van der Waals surface area contributed by atoms with Crippen molar-refractivity contribution >= 4 is 82.3 Å². The van der Waals surface area contributed by atoms with Gasteiger partial charge >= 0.3 is 12.1 Å². The summed E-state index contributed by atoms with van der Waals surface area (Å²) in [6, 6.07) is 6.03. The fourth-order valence-corrected chi connectivity index (χ4v) is 15.4. The van der Waals surface area contributed by atoms with Gasteiger partial charge in [-0.3, -0.25) is 38.9 Å². The van der Waals surface area contributed by atoms with Crippen LogP contribution in [0.5, 0.6) is 46.0 Å². The van der Waals surface area contributed by atoms with Crippen LogP contribution in [0.1, 0.15) is 138 Å². The second-order valence-corrected chi connectivity index (χ2v) is 32.8. The van der Waals surface area contributed by atoms with Crippen molar-refractivity contribution in [1.29, 1.82) is 0 Å². The van der Waals surface area contributed by atoms with Crippen molar-refractivity contribution in [3.8, 4) is 62.8 Å². The smallest absolute Gasteiger partial charge is 0.412 e. The number of benzene rings is 6. The average molecular weight is 1750 g/mol. The number of fused-ring (bicyclic) bond motifs is 15. The summed E-state index contributed by atoms with van der Waals surface area (Å²) in [7, 11) is 1.47. The number of primary amides is 1. The number of phenolic OH excluding ortho intramolecular Hbond substituents is 3. The van der Waals surface area contributed by atoms with E-state index < -0.39 is 249 Å². The van der Waals surface area contributed by atoms with Gasteiger partial charge in [-0.2, -0.15) is 0 Å². The van der Waals surface area contributed by atoms with Crippen LogP contribution >= 0.6 is 23.2 Å². The lowest BCUT2D eigenvalue weighted by molar-refractivity contribution is -0.334. The molecule has 14 rings (SSSR count). The maximum absolute atomic E-state index is 16.2. The monoisotopic (exact) mass is 1750 g/mol. The zero-order valence-electron chi connectivity index (χ0n) is 67.4. The molecule has 0 radical (unpaired) electrons. The molecule has 11 bridgehead atoms. The number of carboxylic acids is 1. The zero-order chi connectivity index (χ0) is 89.1. The number of aromatic hydroxyl groups is 3. The van der Waals surface area contributed by atoms with E-state index in [0.717, 1.165) is 66.7 Å². The van der Waals surface area contributed by atoms with E-state index in [-0.39, 0.29) is 52.8 Å². The van der Waals surface area contributed by atoms with Gasteiger partial charge in [-0.15, -0.1) is 5.10 Å². The first kappa shape index (κ1) is 90.7. The minimum Gasteiger partial charge on any atom is -0.508 e. The number of hydrogen-bond acceptors (Lipinski definition) is 29. The lowest BCUT2D eigenvalue weighted by Gasteiger charge is -2.48. The highest BCUT2D eigenvalue weighted by Gasteiger charge is 2.52. The zero-order valence-corrected chi connectivity index (χ0v) is 68.9. The van der Waals surface area contributed by atoms with Crippen molar-refractivity contribution in [3.05, 3.63) is 153 Å². The lowest BCUT2D eigenvalue weighted by atomic mass is 9.85. The number of aliphatic hydroxyl groups is 6. The maximum Gasteiger partial charge on any atom is 0.412 e. The van der Waals surface area contributed by atoms with Gasteiger partial charge in [0.2, 0.25) is 53.4 Å². The van der Waals surface area contributed by atoms with Crippen molar-refractivity contribution in [3.63, 3.8) is 0 Å². The maximum atomic E-state index is 16.2. The lowest BCUT2D eigenvalue weighted by Crippen LogP contribution is -2.65. The number of carbonyl (C=O) groups is 9. The molecule has 8 amide bonds. The topological polar surface area (TPSA) is 586 Å². The number of aromatic nitrogens is 3. The number of phenols is 3. The van der Waals surface area contributed by atoms with Crippen LogP contribution in [0.4, 0.5) is 10.5 Å². The number of aryl methyl sites for hydroxylation is 1. The molecule has 6 aromatic carbocycles. The number of amides is 8. The summed E-state index contributed by atoms with van der Waals surface area (Å²) in [6.45, 7) is 11.3. The molecule has 2 fully saturated rings. The highest BCUT2D eigenvalue weighted by Crippen LogP contribution is 2.50. The molecule has 7 aromatic rings. The van der Waals surface area contributed by atoms with Gasteiger partial charge in [0.1, 0.15) is 95.1 Å². The van der Waals surface area contributed by atoms with Gasteiger partial charge in [0.15, 0.2) is 29.9 Å². The SMILES string of the molecule is CN[C@H](CC(C)C)C(=O)N[C@H]1C(=O)N[C@@H](CC(N)=O)C(=O)N[C@H]2C(=O)N[C@H]3C(=O)N[C@H](C(=O)N[C@H](C(=O)O)c4cc(O)cc(O)c4-c4cc3ccc4O)[C@H](O)c3ccc(c(Cl)c3)Oc3cc2cc(c3O[C@@H]2O[C@H](CO)[C@@H](O)[C@H](O)[C@H]2O[C@H]2C[C@](C)(NCCCc3cn(-c4cccc(NC(=O)OC(C)(C)C)c4)nn3)[C@H](O)[C@H](C)O2)Oc2ccc(cc2Cl)[C@H]1O. The number of aliphatic carboxylic acids is 1. The van der Waals surface area contributed by atoms with Crippen molar-refractivity contribution in [2.45, 2.75) is 195 Å². The van der Waals surface area contributed by atoms with Crippen LogP contribution in [-0.2, 0) is 63.7 Å². The number of anilines is 1. The van der Waals surface area contributed by atoms with Gasteiger partial charge < -0.3 is 132 Å². The Hall–Kier alpha value is -11.6. The standard InChI is InChI=1S/C82H95Cl2N13O26/c1-34(2)21-48(86-8)72(108)93-63-65(103)37-15-18-52(46(83)23-37)118-54-25-39-26-55(69(54)122-79-70(68(106)67(105)56(33-98)120-79)121-58-31-82(7,71(107)35(3)117-58)87-20-10-12-41-32-97(96-95-41)42-13-9-11-40(27-42)88-80(116)123-81(4,5)6)119-53-19-16-38(24-47(53)84)66(104)64-77(113)92-62(78(114)115)45-28-43(99)29-51(101)59(45)44-22-36(14-17-50(44)100)60(74(110)94-64)91-75(111)61(39)90-73(109)49(30-57(85)102)89-76(63)112/h9,11,13-19,22-29,32,34-35,48-49,56,58,60-68,70-71,79,86-87,98-101,103-107H,10,12,20-21,30-31,33H2,1-8H3,(H2,85,102)(H,88,116)(H,89,112)(H,90,109)(H,91,111)(H,92,113)(H,93,108)(H,94,110)(H,114,115)/t35-,48+,49-,56+,58-,60+,61+,62-,63+,64-,65+,66+,67+,68-,70+,71+,79-,82-/m0/s1. The number of carbonyl (C=O) groups excluding carboxylic acids is 8. The minimum atomic E-state index is -2.38. The van der Waals surface area contributed by atoms with E-state index in [1.807, 2.05) is 13.8 Å². The second kappa shape index (κ2) is 37.6. The number of hydrogen-bond donors (Lipinski definition) is 20. The Kier molecular flexibility index (Phi) is 27.7. The van der Waals surface area contributed by atoms with Gasteiger partial charge in [0, 0.05) is 40.4 Å². The summed E-state index contributed by atoms with van der Waals surface area (Å²) in [6.07, 6.45) is -17.1. The van der Waals surface area contributed by atoms with Crippen LogP contribution in [0, 0.1) is 5.92 Å². The molecule has 0 spiro atoms. The summed E-state index contributed by atoms with van der Waals surface area (Å²) in [4.78, 5) is 131. The van der Waals surface area contributed by atoms with Crippen LogP contribution in [0.25, 0.3) is 16.8 Å². The molecule has 7 aliphatic heterocycles. The Bertz CT molecular complexity index is 5190. The molecule has 0 unspecified atom stereocenters. The fourth-order valence-electron chi connectivity index (χ4n) is 15.0. The Morgan fingerprint density at radius 2 is 1.39 bits per heavy atom. The molecule has 7 aliphatic rings. The van der Waals surface area contributed by atoms with Crippen LogP contribution in [-0.4, -0.2) is 224 Å². The van der Waals surface area contributed by atoms with E-state index >= 15 is 14.4 Å². The summed E-state index contributed by atoms with van der Waals surface area (Å²) >= 11 is 14.3. The van der Waals surface area contributed by atoms with Crippen molar-refractivity contribution in [2.75, 3.05) is 25.5 Å². The third-order valence-electron chi connectivity index (χ3n) is 21.2. The molecule has 0 saturated carbocycles. The second-order valence-electron chi connectivity index (χ2n) is 32.0. The van der Waals surface area contributed by atoms with E-state index in [4.69, 9.17) is 62.1 Å². The molecule has 658 valence electrons. The van der Waals surface area contributed by atoms with Crippen molar-refractivity contribution in [1.82, 2.24) is 57.5 Å². The van der Waals surface area contributed by atoms with E-state index in [1.165, 1.54) is 23.9 Å². The first-order valence-electron chi connectivity index (χ1n) is 39.1. The predicted molar refractivity (Wildman–Crippen MR) is 433 cm³/mol. The third-order valence-corrected chi connectivity index (χ3v) is 21.8. The van der Waals surface area contributed by atoms with Gasteiger partial charge in [-0.25, -0.2) is 14.3 Å². The van der Waals surface area contributed by atoms with Crippen LogP contribution in [0.15, 0.2) is 109 Å². The number of aliphatic hydroxyl groups excluding tert-OH is 6. The molecular formula is C82H95Cl2N13O26. The number of nitrogens with two attached hydrogens (primary N) is 1. The van der Waals surface area contributed by atoms with E-state index in [0.29, 0.717) is 29.9 Å².